The van der Waals surface area contributed by atoms with E-state index in [-0.39, 0.29) is 12.0 Å². The van der Waals surface area contributed by atoms with Crippen molar-refractivity contribution < 1.29 is 14.6 Å². The average Bonchev–Trinajstić information content (AvgIpc) is 2.55. The van der Waals surface area contributed by atoms with Gasteiger partial charge < -0.3 is 19.6 Å². The SMILES string of the molecule is O=C([C@@H]1CN(c2cccc(Cl)c2)CCO1)N1CCC(O)CC1. The maximum absolute atomic E-state index is 12.6. The molecule has 0 saturated carbocycles. The van der Waals surface area contributed by atoms with Crippen molar-refractivity contribution in [3.8, 4) is 0 Å². The molecule has 0 spiro atoms. The largest absolute Gasteiger partial charge is 0.393 e. The molecular weight excluding hydrogens is 304 g/mol. The Kier molecular flexibility index (Phi) is 4.86. The minimum Gasteiger partial charge on any atom is -0.393 e. The van der Waals surface area contributed by atoms with Gasteiger partial charge in [-0.05, 0) is 31.0 Å². The second-order valence-corrected chi connectivity index (χ2v) is 6.28. The topological polar surface area (TPSA) is 53.0 Å². The number of benzene rings is 1. The molecule has 0 bridgehead atoms. The molecule has 22 heavy (non-hydrogen) atoms. The summed E-state index contributed by atoms with van der Waals surface area (Å²) in [6.45, 7) is 3.04. The molecule has 0 aromatic heterocycles. The van der Waals surface area contributed by atoms with Crippen LogP contribution in [0, 0.1) is 0 Å². The smallest absolute Gasteiger partial charge is 0.253 e. The molecule has 2 saturated heterocycles. The number of likely N-dealkylation sites (tertiary alicyclic amines) is 1. The first-order valence-electron chi connectivity index (χ1n) is 7.72. The zero-order chi connectivity index (χ0) is 15.5. The quantitative estimate of drug-likeness (QED) is 0.896. The normalized spacial score (nSPS) is 23.6. The summed E-state index contributed by atoms with van der Waals surface area (Å²) in [6.07, 6.45) is 0.578. The molecule has 1 N–H and O–H groups in total. The summed E-state index contributed by atoms with van der Waals surface area (Å²) in [6, 6.07) is 7.66. The molecule has 120 valence electrons. The lowest BCUT2D eigenvalue weighted by Gasteiger charge is -2.37. The highest BCUT2D eigenvalue weighted by Crippen LogP contribution is 2.22. The molecule has 1 amide bonds. The van der Waals surface area contributed by atoms with Gasteiger partial charge in [0, 0.05) is 30.3 Å². The third-order valence-electron chi connectivity index (χ3n) is 4.29. The molecule has 5 nitrogen and oxygen atoms in total. The highest BCUT2D eigenvalue weighted by molar-refractivity contribution is 6.30. The van der Waals surface area contributed by atoms with E-state index in [4.69, 9.17) is 16.3 Å². The van der Waals surface area contributed by atoms with E-state index in [9.17, 15) is 9.90 Å². The van der Waals surface area contributed by atoms with Gasteiger partial charge in [0.05, 0.1) is 19.3 Å². The van der Waals surface area contributed by atoms with Gasteiger partial charge in [-0.3, -0.25) is 4.79 Å². The van der Waals surface area contributed by atoms with Gasteiger partial charge in [0.1, 0.15) is 0 Å². The number of rotatable bonds is 2. The van der Waals surface area contributed by atoms with Crippen molar-refractivity contribution in [2.45, 2.75) is 25.0 Å². The lowest BCUT2D eigenvalue weighted by Crippen LogP contribution is -2.53. The Labute approximate surface area is 135 Å². The first-order chi connectivity index (χ1) is 10.6. The maximum Gasteiger partial charge on any atom is 0.253 e. The van der Waals surface area contributed by atoms with Crippen LogP contribution in [0.1, 0.15) is 12.8 Å². The number of piperidine rings is 1. The Hall–Kier alpha value is -1.30. The molecule has 0 aliphatic carbocycles. The number of carbonyl (C=O) groups excluding carboxylic acids is 1. The summed E-state index contributed by atoms with van der Waals surface area (Å²) in [7, 11) is 0. The lowest BCUT2D eigenvalue weighted by atomic mass is 10.1. The van der Waals surface area contributed by atoms with Crippen molar-refractivity contribution in [3.05, 3.63) is 29.3 Å². The van der Waals surface area contributed by atoms with Crippen LogP contribution in [0.3, 0.4) is 0 Å². The molecule has 2 aliphatic heterocycles. The zero-order valence-corrected chi connectivity index (χ0v) is 13.2. The van der Waals surface area contributed by atoms with Crippen LogP contribution in [0.2, 0.25) is 5.02 Å². The number of nitrogens with zero attached hydrogens (tertiary/aromatic N) is 2. The zero-order valence-electron chi connectivity index (χ0n) is 12.4. The van der Waals surface area contributed by atoms with Crippen LogP contribution in [-0.4, -0.2) is 60.9 Å². The first kappa shape index (κ1) is 15.6. The number of aliphatic hydroxyl groups excluding tert-OH is 1. The molecule has 0 unspecified atom stereocenters. The molecule has 2 fully saturated rings. The molecule has 1 atom stereocenters. The predicted octanol–water partition coefficient (Wildman–Crippen LogP) is 1.53. The second kappa shape index (κ2) is 6.86. The van der Waals surface area contributed by atoms with Crippen LogP contribution in [0.15, 0.2) is 24.3 Å². The molecule has 1 aromatic rings. The van der Waals surface area contributed by atoms with E-state index < -0.39 is 6.10 Å². The van der Waals surface area contributed by atoms with E-state index in [0.717, 1.165) is 12.2 Å². The molecule has 2 heterocycles. The summed E-state index contributed by atoms with van der Waals surface area (Å²) >= 11 is 6.04. The number of carbonyl (C=O) groups is 1. The van der Waals surface area contributed by atoms with E-state index in [1.807, 2.05) is 24.3 Å². The number of hydrogen-bond donors (Lipinski definition) is 1. The van der Waals surface area contributed by atoms with Crippen LogP contribution in [0.5, 0.6) is 0 Å². The number of ether oxygens (including phenoxy) is 1. The van der Waals surface area contributed by atoms with Crippen molar-refractivity contribution >= 4 is 23.2 Å². The highest BCUT2D eigenvalue weighted by Gasteiger charge is 2.32. The van der Waals surface area contributed by atoms with Crippen molar-refractivity contribution in [3.63, 3.8) is 0 Å². The summed E-state index contributed by atoms with van der Waals surface area (Å²) in [5.74, 6) is 0.0265. The fraction of sp³-hybridized carbons (Fsp3) is 0.562. The van der Waals surface area contributed by atoms with Crippen LogP contribution in [0.25, 0.3) is 0 Å². The summed E-state index contributed by atoms with van der Waals surface area (Å²) < 4.78 is 5.67. The van der Waals surface area contributed by atoms with Gasteiger partial charge in [-0.1, -0.05) is 17.7 Å². The predicted molar refractivity (Wildman–Crippen MR) is 85.2 cm³/mol. The molecule has 0 radical (unpaired) electrons. The van der Waals surface area contributed by atoms with Gasteiger partial charge in [-0.2, -0.15) is 0 Å². The van der Waals surface area contributed by atoms with Gasteiger partial charge in [0.25, 0.3) is 5.91 Å². The van der Waals surface area contributed by atoms with Crippen molar-refractivity contribution in [2.24, 2.45) is 0 Å². The number of aliphatic hydroxyl groups is 1. The number of morpholine rings is 1. The van der Waals surface area contributed by atoms with Crippen LogP contribution >= 0.6 is 11.6 Å². The Morgan fingerprint density at radius 2 is 2.05 bits per heavy atom. The summed E-state index contributed by atoms with van der Waals surface area (Å²) in [5.41, 5.74) is 1.02. The first-order valence-corrected chi connectivity index (χ1v) is 8.10. The fourth-order valence-corrected chi connectivity index (χ4v) is 3.18. The minimum atomic E-state index is -0.442. The third-order valence-corrected chi connectivity index (χ3v) is 4.53. The minimum absolute atomic E-state index is 0.0265. The third kappa shape index (κ3) is 3.54. The Balaban J connectivity index is 1.64. The molecule has 3 rings (SSSR count). The van der Waals surface area contributed by atoms with Gasteiger partial charge in [0.2, 0.25) is 0 Å². The molecule has 6 heteroatoms. The van der Waals surface area contributed by atoms with E-state index in [2.05, 4.69) is 4.90 Å². The average molecular weight is 325 g/mol. The Bertz CT molecular complexity index is 532. The van der Waals surface area contributed by atoms with Crippen molar-refractivity contribution in [2.75, 3.05) is 37.7 Å². The number of anilines is 1. The number of hydrogen-bond acceptors (Lipinski definition) is 4. The van der Waals surface area contributed by atoms with Gasteiger partial charge >= 0.3 is 0 Å². The van der Waals surface area contributed by atoms with Crippen LogP contribution in [0.4, 0.5) is 5.69 Å². The van der Waals surface area contributed by atoms with Gasteiger partial charge in [-0.25, -0.2) is 0 Å². The standard InChI is InChI=1S/C16H21ClN2O3/c17-12-2-1-3-13(10-12)19-8-9-22-15(11-19)16(21)18-6-4-14(20)5-7-18/h1-3,10,14-15,20H,4-9,11H2/t15-/m0/s1. The van der Waals surface area contributed by atoms with Crippen molar-refractivity contribution in [1.29, 1.82) is 0 Å². The van der Waals surface area contributed by atoms with E-state index in [1.54, 1.807) is 4.90 Å². The van der Waals surface area contributed by atoms with Crippen LogP contribution in [-0.2, 0) is 9.53 Å². The van der Waals surface area contributed by atoms with Gasteiger partial charge in [-0.15, -0.1) is 0 Å². The van der Waals surface area contributed by atoms with E-state index in [1.165, 1.54) is 0 Å². The summed E-state index contributed by atoms with van der Waals surface area (Å²) in [4.78, 5) is 16.5. The Morgan fingerprint density at radius 3 is 2.77 bits per heavy atom. The fourth-order valence-electron chi connectivity index (χ4n) is 3.00. The summed E-state index contributed by atoms with van der Waals surface area (Å²) in [5, 5.41) is 10.2. The van der Waals surface area contributed by atoms with Gasteiger partial charge in [0.15, 0.2) is 6.10 Å². The lowest BCUT2D eigenvalue weighted by molar-refractivity contribution is -0.146. The molecule has 2 aliphatic rings. The second-order valence-electron chi connectivity index (χ2n) is 5.84. The monoisotopic (exact) mass is 324 g/mol. The number of halogens is 1. The molecule has 1 aromatic carbocycles. The van der Waals surface area contributed by atoms with E-state index in [0.29, 0.717) is 44.1 Å². The van der Waals surface area contributed by atoms with Crippen molar-refractivity contribution in [1.82, 2.24) is 4.90 Å². The van der Waals surface area contributed by atoms with E-state index >= 15 is 0 Å². The molecular formula is C16H21ClN2O3. The Morgan fingerprint density at radius 1 is 1.27 bits per heavy atom. The maximum atomic E-state index is 12.6. The highest BCUT2D eigenvalue weighted by atomic mass is 35.5. The number of amides is 1. The van der Waals surface area contributed by atoms with Crippen LogP contribution < -0.4 is 4.90 Å².